The van der Waals surface area contributed by atoms with E-state index in [9.17, 15) is 13.2 Å². The molecule has 7 nitrogen and oxygen atoms in total. The first-order chi connectivity index (χ1) is 11.0. The summed E-state index contributed by atoms with van der Waals surface area (Å²) in [5.74, 6) is -0.789. The topological polar surface area (TPSA) is 115 Å². The Morgan fingerprint density at radius 2 is 1.83 bits per heavy atom. The van der Waals surface area contributed by atoms with E-state index >= 15 is 0 Å². The van der Waals surface area contributed by atoms with Crippen LogP contribution in [0.15, 0.2) is 53.4 Å². The first kappa shape index (κ1) is 15.5. The summed E-state index contributed by atoms with van der Waals surface area (Å²) >= 11 is 0.921. The van der Waals surface area contributed by atoms with Gasteiger partial charge in [0.25, 0.3) is 0 Å². The second kappa shape index (κ2) is 6.03. The van der Waals surface area contributed by atoms with Gasteiger partial charge in [-0.3, -0.25) is 4.79 Å². The number of nitrogens with two attached hydrogens (primary N) is 1. The van der Waals surface area contributed by atoms with Crippen LogP contribution in [0.25, 0.3) is 11.0 Å². The molecule has 3 aromatic rings. The van der Waals surface area contributed by atoms with Crippen molar-refractivity contribution >= 4 is 38.7 Å². The Bertz CT molecular complexity index is 954. The normalized spacial score (nSPS) is 13.0. The minimum absolute atomic E-state index is 0.0362. The van der Waals surface area contributed by atoms with Crippen LogP contribution in [-0.4, -0.2) is 23.1 Å². The Kier molecular flexibility index (Phi) is 4.07. The predicted octanol–water partition coefficient (Wildman–Crippen LogP) is 1.20. The van der Waals surface area contributed by atoms with Gasteiger partial charge in [0.05, 0.1) is 11.7 Å². The van der Waals surface area contributed by atoms with Crippen LogP contribution in [0, 0.1) is 0 Å². The van der Waals surface area contributed by atoms with Crippen molar-refractivity contribution in [3.63, 3.8) is 0 Å². The molecule has 3 rings (SSSR count). The average Bonchev–Trinajstić information content (AvgIpc) is 3.01. The molecule has 3 N–H and O–H groups in total. The van der Waals surface area contributed by atoms with E-state index in [0.29, 0.717) is 11.1 Å². The van der Waals surface area contributed by atoms with Crippen LogP contribution in [0.1, 0.15) is 11.6 Å². The highest BCUT2D eigenvalue weighted by Crippen LogP contribution is 2.23. The fourth-order valence-electron chi connectivity index (χ4n) is 2.15. The zero-order valence-corrected chi connectivity index (χ0v) is 13.3. The summed E-state index contributed by atoms with van der Waals surface area (Å²) in [6.45, 7) is 0. The lowest BCUT2D eigenvalue weighted by Gasteiger charge is -2.16. The van der Waals surface area contributed by atoms with E-state index in [2.05, 4.69) is 13.5 Å². The fraction of sp³-hybridized carbons (Fsp3) is 0.0714. The van der Waals surface area contributed by atoms with Gasteiger partial charge in [0.1, 0.15) is 22.0 Å². The Hall–Kier alpha value is -2.36. The third-order valence-corrected chi connectivity index (χ3v) is 5.23. The molecule has 1 unspecified atom stereocenters. The molecule has 118 valence electrons. The van der Waals surface area contributed by atoms with E-state index in [4.69, 9.17) is 5.73 Å². The molecule has 0 fully saturated rings. The first-order valence-corrected chi connectivity index (χ1v) is 8.78. The minimum atomic E-state index is -4.00. The molecule has 0 aliphatic carbocycles. The number of rotatable bonds is 5. The van der Waals surface area contributed by atoms with Crippen molar-refractivity contribution in [1.29, 1.82) is 0 Å². The van der Waals surface area contributed by atoms with Crippen LogP contribution < -0.4 is 10.5 Å². The maximum Gasteiger partial charge on any atom is 0.243 e. The summed E-state index contributed by atoms with van der Waals surface area (Å²) < 4.78 is 35.7. The van der Waals surface area contributed by atoms with E-state index in [-0.39, 0.29) is 10.4 Å². The molecule has 1 amide bonds. The van der Waals surface area contributed by atoms with Gasteiger partial charge in [0, 0.05) is 0 Å². The van der Waals surface area contributed by atoms with E-state index in [0.717, 1.165) is 11.7 Å². The molecular formula is C14H12N4O3S2. The molecule has 0 aliphatic rings. The lowest BCUT2D eigenvalue weighted by Crippen LogP contribution is -2.37. The van der Waals surface area contributed by atoms with E-state index in [1.165, 1.54) is 6.07 Å². The smallest absolute Gasteiger partial charge is 0.243 e. The number of fused-ring (bicyclic) bond motifs is 1. The number of hydrogen-bond donors (Lipinski definition) is 2. The molecule has 9 heteroatoms. The van der Waals surface area contributed by atoms with Crippen LogP contribution >= 0.6 is 11.7 Å². The number of amides is 1. The van der Waals surface area contributed by atoms with Crippen LogP contribution in [0.3, 0.4) is 0 Å². The molecule has 0 saturated heterocycles. The number of nitrogens with zero attached hydrogens (tertiary/aromatic N) is 2. The summed E-state index contributed by atoms with van der Waals surface area (Å²) in [6.07, 6.45) is 0. The summed E-state index contributed by atoms with van der Waals surface area (Å²) in [5, 5.41) is 0. The number of hydrogen-bond acceptors (Lipinski definition) is 6. The number of benzene rings is 2. The third-order valence-electron chi connectivity index (χ3n) is 3.23. The van der Waals surface area contributed by atoms with Gasteiger partial charge in [0.2, 0.25) is 15.9 Å². The van der Waals surface area contributed by atoms with Crippen LogP contribution in [0.4, 0.5) is 0 Å². The third kappa shape index (κ3) is 3.07. The monoisotopic (exact) mass is 348 g/mol. The quantitative estimate of drug-likeness (QED) is 0.719. The molecular weight excluding hydrogens is 336 g/mol. The van der Waals surface area contributed by atoms with Crippen LogP contribution in [0.5, 0.6) is 0 Å². The van der Waals surface area contributed by atoms with E-state index in [1.54, 1.807) is 42.5 Å². The van der Waals surface area contributed by atoms with E-state index < -0.39 is 22.0 Å². The SMILES string of the molecule is NC(=O)C(NS(=O)(=O)c1cccc2nsnc12)c1ccccc1. The van der Waals surface area contributed by atoms with Gasteiger partial charge in [-0.1, -0.05) is 36.4 Å². The Morgan fingerprint density at radius 1 is 1.09 bits per heavy atom. The summed E-state index contributed by atoms with van der Waals surface area (Å²) in [6, 6.07) is 11.9. The van der Waals surface area contributed by atoms with Gasteiger partial charge in [-0.2, -0.15) is 13.5 Å². The van der Waals surface area contributed by atoms with Crippen molar-refractivity contribution in [1.82, 2.24) is 13.5 Å². The molecule has 2 aromatic carbocycles. The van der Waals surface area contributed by atoms with Crippen molar-refractivity contribution in [2.75, 3.05) is 0 Å². The number of aromatic nitrogens is 2. The fourth-order valence-corrected chi connectivity index (χ4v) is 4.11. The van der Waals surface area contributed by atoms with Gasteiger partial charge < -0.3 is 5.73 Å². The second-order valence-corrected chi connectivity index (χ2v) is 6.97. The highest BCUT2D eigenvalue weighted by molar-refractivity contribution is 7.89. The van der Waals surface area contributed by atoms with Gasteiger partial charge in [-0.25, -0.2) is 8.42 Å². The van der Waals surface area contributed by atoms with Crippen molar-refractivity contribution in [3.8, 4) is 0 Å². The first-order valence-electron chi connectivity index (χ1n) is 6.57. The molecule has 0 saturated carbocycles. The van der Waals surface area contributed by atoms with Crippen molar-refractivity contribution in [2.45, 2.75) is 10.9 Å². The Labute approximate surface area is 136 Å². The standard InChI is InChI=1S/C14H12N4O3S2/c15-14(19)12(9-5-2-1-3-6-9)18-23(20,21)11-8-4-7-10-13(11)17-22-16-10/h1-8,12,18H,(H2,15,19). The number of carbonyl (C=O) groups is 1. The maximum absolute atomic E-state index is 12.7. The van der Waals surface area contributed by atoms with Gasteiger partial charge in [-0.05, 0) is 17.7 Å². The molecule has 1 heterocycles. The summed E-state index contributed by atoms with van der Waals surface area (Å²) in [5.41, 5.74) is 6.56. The zero-order valence-electron chi connectivity index (χ0n) is 11.7. The van der Waals surface area contributed by atoms with Gasteiger partial charge in [-0.15, -0.1) is 0 Å². The zero-order chi connectivity index (χ0) is 16.4. The van der Waals surface area contributed by atoms with Crippen molar-refractivity contribution in [3.05, 3.63) is 54.1 Å². The Morgan fingerprint density at radius 3 is 2.52 bits per heavy atom. The lowest BCUT2D eigenvalue weighted by molar-refractivity contribution is -0.119. The average molecular weight is 348 g/mol. The van der Waals surface area contributed by atoms with Gasteiger partial charge >= 0.3 is 0 Å². The molecule has 1 aromatic heterocycles. The van der Waals surface area contributed by atoms with Crippen LogP contribution in [0.2, 0.25) is 0 Å². The maximum atomic E-state index is 12.7. The van der Waals surface area contributed by atoms with Crippen molar-refractivity contribution < 1.29 is 13.2 Å². The van der Waals surface area contributed by atoms with Crippen molar-refractivity contribution in [2.24, 2.45) is 5.73 Å². The predicted molar refractivity (Wildman–Crippen MR) is 86.1 cm³/mol. The van der Waals surface area contributed by atoms with E-state index in [1.807, 2.05) is 0 Å². The molecule has 0 radical (unpaired) electrons. The number of primary amides is 1. The summed E-state index contributed by atoms with van der Waals surface area (Å²) in [4.78, 5) is 11.7. The molecule has 1 atom stereocenters. The lowest BCUT2D eigenvalue weighted by atomic mass is 10.1. The molecule has 0 bridgehead atoms. The molecule has 0 spiro atoms. The summed E-state index contributed by atoms with van der Waals surface area (Å²) in [7, 11) is -4.00. The second-order valence-electron chi connectivity index (χ2n) is 4.76. The van der Waals surface area contributed by atoms with Crippen LogP contribution in [-0.2, 0) is 14.8 Å². The minimum Gasteiger partial charge on any atom is -0.368 e. The number of sulfonamides is 1. The molecule has 0 aliphatic heterocycles. The highest BCUT2D eigenvalue weighted by Gasteiger charge is 2.27. The van der Waals surface area contributed by atoms with Gasteiger partial charge in [0.15, 0.2) is 0 Å². The number of nitrogens with one attached hydrogen (secondary N) is 1. The Balaban J connectivity index is 2.03. The molecule has 23 heavy (non-hydrogen) atoms. The number of carbonyl (C=O) groups excluding carboxylic acids is 1. The largest absolute Gasteiger partial charge is 0.368 e. The highest BCUT2D eigenvalue weighted by atomic mass is 32.2.